The molecular formula is C21H21BN2O3. The molecule has 0 unspecified atom stereocenters. The van der Waals surface area contributed by atoms with Gasteiger partial charge in [-0.1, -0.05) is 35.9 Å². The molecule has 136 valence electrons. The van der Waals surface area contributed by atoms with E-state index in [1.807, 2.05) is 36.4 Å². The molecular weight excluding hydrogens is 339 g/mol. The first-order valence-electron chi connectivity index (χ1n) is 9.04. The lowest BCUT2D eigenvalue weighted by molar-refractivity contribution is 0.0526. The van der Waals surface area contributed by atoms with Gasteiger partial charge in [0.05, 0.1) is 12.2 Å². The smallest absolute Gasteiger partial charge is 0.339 e. The zero-order valence-electron chi connectivity index (χ0n) is 15.4. The third-order valence-electron chi connectivity index (χ3n) is 4.63. The van der Waals surface area contributed by atoms with E-state index in [2.05, 4.69) is 4.98 Å². The molecule has 5 nitrogen and oxygen atoms in total. The van der Waals surface area contributed by atoms with E-state index >= 15 is 0 Å². The number of hydrogen-bond acceptors (Lipinski definition) is 4. The zero-order chi connectivity index (χ0) is 19.2. The van der Waals surface area contributed by atoms with Crippen LogP contribution in [0, 0.1) is 0 Å². The Bertz CT molecular complexity index is 855. The number of likely N-dealkylation sites (tertiary alicyclic amines) is 1. The number of aromatic nitrogens is 1. The standard InChI is InChI=1S/C21H21BN2O3/c1-2-27-20(25)18-12-17(13-23-14-18)19(15-6-4-3-5-7-15)16-8-10-24(11-9-16)21(22)26/h3-7,12-14H,2,8-11H2,1H3. The van der Waals surface area contributed by atoms with Gasteiger partial charge in [-0.15, -0.1) is 0 Å². The summed E-state index contributed by atoms with van der Waals surface area (Å²) in [4.78, 5) is 29.4. The van der Waals surface area contributed by atoms with Crippen LogP contribution < -0.4 is 0 Å². The van der Waals surface area contributed by atoms with Crippen molar-refractivity contribution < 1.29 is 14.3 Å². The summed E-state index contributed by atoms with van der Waals surface area (Å²) >= 11 is 0. The van der Waals surface area contributed by atoms with Crippen molar-refractivity contribution in [3.05, 3.63) is 71.1 Å². The number of pyridine rings is 1. The van der Waals surface area contributed by atoms with Crippen molar-refractivity contribution in [1.82, 2.24) is 9.88 Å². The molecule has 2 radical (unpaired) electrons. The van der Waals surface area contributed by atoms with Gasteiger partial charge in [0.15, 0.2) is 5.81 Å². The SMILES string of the molecule is [B]C(=O)N1CCC(=C(c2ccccc2)c2cncc(C(=O)OCC)c2)CC1. The van der Waals surface area contributed by atoms with Gasteiger partial charge in [-0.3, -0.25) is 9.78 Å². The van der Waals surface area contributed by atoms with Crippen LogP contribution in [0.1, 0.15) is 41.3 Å². The molecule has 0 spiro atoms. The molecule has 1 aromatic heterocycles. The molecule has 1 saturated heterocycles. The Morgan fingerprint density at radius 2 is 1.74 bits per heavy atom. The largest absolute Gasteiger partial charge is 0.462 e. The van der Waals surface area contributed by atoms with Crippen LogP contribution in [0.15, 0.2) is 54.4 Å². The van der Waals surface area contributed by atoms with E-state index in [-0.39, 0.29) is 11.8 Å². The molecule has 1 aliphatic heterocycles. The Morgan fingerprint density at radius 3 is 2.37 bits per heavy atom. The summed E-state index contributed by atoms with van der Waals surface area (Å²) in [5.74, 6) is -0.769. The lowest BCUT2D eigenvalue weighted by atomic mass is 9.88. The topological polar surface area (TPSA) is 59.5 Å². The van der Waals surface area contributed by atoms with Crippen LogP contribution in [-0.4, -0.2) is 49.2 Å². The van der Waals surface area contributed by atoms with Gasteiger partial charge in [0, 0.05) is 31.0 Å². The van der Waals surface area contributed by atoms with E-state index in [0.29, 0.717) is 25.3 Å². The Balaban J connectivity index is 2.02. The molecule has 2 aromatic rings. The van der Waals surface area contributed by atoms with Crippen LogP contribution in [0.25, 0.3) is 5.57 Å². The van der Waals surface area contributed by atoms with Gasteiger partial charge in [0.1, 0.15) is 0 Å². The summed E-state index contributed by atoms with van der Waals surface area (Å²) in [5, 5.41) is 0. The lowest BCUT2D eigenvalue weighted by Crippen LogP contribution is -2.35. The Labute approximate surface area is 160 Å². The first kappa shape index (κ1) is 18.9. The van der Waals surface area contributed by atoms with E-state index in [1.165, 1.54) is 11.8 Å². The third kappa shape index (κ3) is 4.45. The summed E-state index contributed by atoms with van der Waals surface area (Å²) in [6.45, 7) is 3.27. The van der Waals surface area contributed by atoms with Crippen LogP contribution in [0.5, 0.6) is 0 Å². The fraction of sp³-hybridized carbons (Fsp3) is 0.286. The van der Waals surface area contributed by atoms with Gasteiger partial charge in [0.2, 0.25) is 7.85 Å². The fourth-order valence-corrected chi connectivity index (χ4v) is 3.33. The molecule has 0 aliphatic carbocycles. The predicted molar refractivity (Wildman–Crippen MR) is 105 cm³/mol. The molecule has 0 atom stereocenters. The quantitative estimate of drug-likeness (QED) is 0.619. The summed E-state index contributed by atoms with van der Waals surface area (Å²) in [5.41, 5.74) is 4.63. The number of rotatable bonds is 4. The highest BCUT2D eigenvalue weighted by molar-refractivity contribution is 6.56. The molecule has 3 rings (SSSR count). The molecule has 0 N–H and O–H groups in total. The molecule has 6 heteroatoms. The van der Waals surface area contributed by atoms with Crippen molar-refractivity contribution in [3.8, 4) is 0 Å². The van der Waals surface area contributed by atoms with Gasteiger partial charge in [-0.05, 0) is 37.0 Å². The van der Waals surface area contributed by atoms with Crippen molar-refractivity contribution in [3.63, 3.8) is 0 Å². The molecule has 0 saturated carbocycles. The number of carbonyl (C=O) groups excluding carboxylic acids is 2. The molecule has 1 amide bonds. The molecule has 0 bridgehead atoms. The van der Waals surface area contributed by atoms with Crippen molar-refractivity contribution in [1.29, 1.82) is 0 Å². The highest BCUT2D eigenvalue weighted by Gasteiger charge is 2.21. The number of hydrogen-bond donors (Lipinski definition) is 0. The minimum absolute atomic E-state index is 0.318. The molecule has 1 aromatic carbocycles. The molecule has 2 heterocycles. The summed E-state index contributed by atoms with van der Waals surface area (Å²) in [6.07, 6.45) is 4.75. The monoisotopic (exact) mass is 360 g/mol. The number of esters is 1. The summed E-state index contributed by atoms with van der Waals surface area (Å²) < 4.78 is 5.10. The maximum Gasteiger partial charge on any atom is 0.339 e. The van der Waals surface area contributed by atoms with Crippen molar-refractivity contribution >= 4 is 25.2 Å². The second-order valence-electron chi connectivity index (χ2n) is 6.35. The first-order valence-corrected chi connectivity index (χ1v) is 9.04. The normalized spacial score (nSPS) is 14.0. The number of amides is 1. The van der Waals surface area contributed by atoms with E-state index in [4.69, 9.17) is 12.6 Å². The minimum Gasteiger partial charge on any atom is -0.462 e. The van der Waals surface area contributed by atoms with Crippen molar-refractivity contribution in [2.75, 3.05) is 19.7 Å². The highest BCUT2D eigenvalue weighted by atomic mass is 16.5. The highest BCUT2D eigenvalue weighted by Crippen LogP contribution is 2.32. The second kappa shape index (κ2) is 8.67. The summed E-state index contributed by atoms with van der Waals surface area (Å²) in [7, 11) is 5.40. The van der Waals surface area contributed by atoms with Gasteiger partial charge in [-0.2, -0.15) is 0 Å². The predicted octanol–water partition coefficient (Wildman–Crippen LogP) is 3.44. The van der Waals surface area contributed by atoms with E-state index in [9.17, 15) is 9.59 Å². The fourth-order valence-electron chi connectivity index (χ4n) is 3.33. The Kier molecular flexibility index (Phi) is 6.06. The second-order valence-corrected chi connectivity index (χ2v) is 6.35. The van der Waals surface area contributed by atoms with Crippen LogP contribution in [0.4, 0.5) is 4.79 Å². The van der Waals surface area contributed by atoms with E-state index in [0.717, 1.165) is 29.5 Å². The number of nitrogens with zero attached hydrogens (tertiary/aromatic N) is 2. The van der Waals surface area contributed by atoms with Crippen LogP contribution in [0.2, 0.25) is 0 Å². The van der Waals surface area contributed by atoms with Crippen molar-refractivity contribution in [2.24, 2.45) is 0 Å². The molecule has 27 heavy (non-hydrogen) atoms. The zero-order valence-corrected chi connectivity index (χ0v) is 15.4. The lowest BCUT2D eigenvalue weighted by Gasteiger charge is -2.30. The van der Waals surface area contributed by atoms with E-state index in [1.54, 1.807) is 18.0 Å². The minimum atomic E-state index is -0.388. The average Bonchev–Trinajstić information content (AvgIpc) is 2.70. The summed E-state index contributed by atoms with van der Waals surface area (Å²) in [6, 6.07) is 11.8. The van der Waals surface area contributed by atoms with Gasteiger partial charge >= 0.3 is 5.97 Å². The average molecular weight is 360 g/mol. The molecule has 1 aliphatic rings. The Morgan fingerprint density at radius 1 is 1.07 bits per heavy atom. The van der Waals surface area contributed by atoms with Crippen LogP contribution >= 0.6 is 0 Å². The maximum absolute atomic E-state index is 12.1. The Hall–Kier alpha value is -2.89. The number of carbonyl (C=O) groups is 2. The van der Waals surface area contributed by atoms with Gasteiger partial charge in [-0.25, -0.2) is 4.79 Å². The van der Waals surface area contributed by atoms with Crippen LogP contribution in [-0.2, 0) is 4.74 Å². The number of piperidine rings is 1. The van der Waals surface area contributed by atoms with E-state index < -0.39 is 0 Å². The van der Waals surface area contributed by atoms with Gasteiger partial charge in [0.25, 0.3) is 0 Å². The number of ether oxygens (including phenoxy) is 1. The number of benzene rings is 1. The van der Waals surface area contributed by atoms with Gasteiger partial charge < -0.3 is 9.64 Å². The maximum atomic E-state index is 12.1. The van der Waals surface area contributed by atoms with Crippen molar-refractivity contribution in [2.45, 2.75) is 19.8 Å². The third-order valence-corrected chi connectivity index (χ3v) is 4.63. The molecule has 1 fully saturated rings. The van der Waals surface area contributed by atoms with Crippen LogP contribution in [0.3, 0.4) is 0 Å². The first-order chi connectivity index (χ1) is 13.1.